The van der Waals surface area contributed by atoms with Crippen molar-refractivity contribution in [3.05, 3.63) is 23.8 Å². The highest BCUT2D eigenvalue weighted by Gasteiger charge is 2.71. The van der Waals surface area contributed by atoms with Crippen LogP contribution in [0.2, 0.25) is 0 Å². The van der Waals surface area contributed by atoms with Gasteiger partial charge in [0, 0.05) is 17.8 Å². The molecular formula is C27H42O3. The molecule has 4 aliphatic carbocycles. The first-order chi connectivity index (χ1) is 14.2. The highest BCUT2D eigenvalue weighted by Crippen LogP contribution is 2.71. The summed E-state index contributed by atoms with van der Waals surface area (Å²) in [5, 5.41) is 10.4. The summed E-state index contributed by atoms with van der Waals surface area (Å²) in [5.74, 6) is 2.81. The van der Waals surface area contributed by atoms with Crippen molar-refractivity contribution in [3.8, 4) is 0 Å². The van der Waals surface area contributed by atoms with Crippen molar-refractivity contribution < 1.29 is 14.9 Å². The van der Waals surface area contributed by atoms with Gasteiger partial charge in [0.1, 0.15) is 11.2 Å². The monoisotopic (exact) mass is 414 g/mol. The van der Waals surface area contributed by atoms with Gasteiger partial charge >= 0.3 is 0 Å². The predicted molar refractivity (Wildman–Crippen MR) is 120 cm³/mol. The maximum atomic E-state index is 10.4. The van der Waals surface area contributed by atoms with Crippen molar-refractivity contribution in [2.75, 3.05) is 0 Å². The molecule has 1 N–H and O–H groups in total. The van der Waals surface area contributed by atoms with Crippen LogP contribution in [0.5, 0.6) is 0 Å². The van der Waals surface area contributed by atoms with E-state index in [1.807, 2.05) is 0 Å². The third-order valence-electron chi connectivity index (χ3n) is 10.2. The molecule has 0 aromatic carbocycles. The summed E-state index contributed by atoms with van der Waals surface area (Å²) >= 11 is 0. The Morgan fingerprint density at radius 1 is 1.07 bits per heavy atom. The lowest BCUT2D eigenvalue weighted by molar-refractivity contribution is -0.455. The van der Waals surface area contributed by atoms with Crippen LogP contribution in [-0.4, -0.2) is 22.4 Å². The summed E-state index contributed by atoms with van der Waals surface area (Å²) in [7, 11) is 0. The van der Waals surface area contributed by atoms with Crippen LogP contribution in [-0.2, 0) is 9.78 Å². The quantitative estimate of drug-likeness (QED) is 0.419. The van der Waals surface area contributed by atoms with Gasteiger partial charge in [-0.05, 0) is 73.0 Å². The second-order valence-electron chi connectivity index (χ2n) is 12.3. The molecule has 2 aliphatic heterocycles. The molecule has 30 heavy (non-hydrogen) atoms. The van der Waals surface area contributed by atoms with E-state index in [-0.39, 0.29) is 16.9 Å². The highest BCUT2D eigenvalue weighted by molar-refractivity contribution is 5.48. The Hall–Kier alpha value is -0.640. The molecule has 2 saturated carbocycles. The van der Waals surface area contributed by atoms with Crippen LogP contribution < -0.4 is 0 Å². The molecule has 6 aliphatic rings. The lowest BCUT2D eigenvalue weighted by Gasteiger charge is -2.66. The van der Waals surface area contributed by atoms with Crippen molar-refractivity contribution in [1.29, 1.82) is 0 Å². The summed E-state index contributed by atoms with van der Waals surface area (Å²) in [6, 6.07) is 0. The van der Waals surface area contributed by atoms with Crippen molar-refractivity contribution in [2.24, 2.45) is 34.5 Å². The standard InChI is InChI=1S/C27H42O3/c1-18(2)7-6-8-19(3)21-9-10-22-24(21,4)13-12-23-25(5)14-11-20(28)17-26(25)15-16-27(22,23)30-29-26/h12,15-16,18-22,28H,6-11,13-14,17H2,1-5H3/t19-,20?,21?,22?,24-,25-,26-,27+/m1/s1. The first-order valence-electron chi connectivity index (χ1n) is 12.6. The minimum absolute atomic E-state index is 0.0540. The number of aliphatic hydroxyl groups is 1. The van der Waals surface area contributed by atoms with E-state index in [1.54, 1.807) is 0 Å². The van der Waals surface area contributed by atoms with E-state index in [9.17, 15) is 5.11 Å². The fourth-order valence-electron chi connectivity index (χ4n) is 8.42. The van der Waals surface area contributed by atoms with E-state index < -0.39 is 11.2 Å². The lowest BCUT2D eigenvalue weighted by atomic mass is 9.46. The first-order valence-corrected chi connectivity index (χ1v) is 12.6. The van der Waals surface area contributed by atoms with E-state index in [0.29, 0.717) is 12.3 Å². The maximum Gasteiger partial charge on any atom is 0.147 e. The van der Waals surface area contributed by atoms with Gasteiger partial charge < -0.3 is 5.11 Å². The minimum atomic E-state index is -0.492. The molecule has 1 saturated heterocycles. The number of aliphatic hydroxyl groups excluding tert-OH is 1. The molecule has 0 aromatic heterocycles. The van der Waals surface area contributed by atoms with Gasteiger partial charge in [-0.25, -0.2) is 9.78 Å². The summed E-state index contributed by atoms with van der Waals surface area (Å²) in [4.78, 5) is 12.7. The fraction of sp³-hybridized carbons (Fsp3) is 0.852. The van der Waals surface area contributed by atoms with Crippen LogP contribution in [0.25, 0.3) is 0 Å². The summed E-state index contributed by atoms with van der Waals surface area (Å²) in [6.07, 6.45) is 17.1. The van der Waals surface area contributed by atoms with E-state index in [0.717, 1.165) is 30.6 Å². The van der Waals surface area contributed by atoms with E-state index in [2.05, 4.69) is 52.8 Å². The molecule has 3 fully saturated rings. The number of hydrogen-bond donors (Lipinski definition) is 1. The van der Waals surface area contributed by atoms with Gasteiger partial charge in [-0.2, -0.15) is 0 Å². The summed E-state index contributed by atoms with van der Waals surface area (Å²) in [5.41, 5.74) is 0.802. The number of allylic oxidation sites excluding steroid dienone is 1. The molecule has 2 bridgehead atoms. The molecule has 3 unspecified atom stereocenters. The van der Waals surface area contributed by atoms with Gasteiger partial charge in [0.05, 0.1) is 6.10 Å². The number of rotatable bonds is 5. The van der Waals surface area contributed by atoms with Gasteiger partial charge in [0.25, 0.3) is 0 Å². The highest BCUT2D eigenvalue weighted by atomic mass is 17.2. The fourth-order valence-corrected chi connectivity index (χ4v) is 8.42. The van der Waals surface area contributed by atoms with Crippen LogP contribution in [0.3, 0.4) is 0 Å². The molecule has 0 radical (unpaired) electrons. The molecule has 0 amide bonds. The van der Waals surface area contributed by atoms with E-state index >= 15 is 0 Å². The topological polar surface area (TPSA) is 38.7 Å². The van der Waals surface area contributed by atoms with Gasteiger partial charge in [0.2, 0.25) is 0 Å². The molecule has 2 heterocycles. The first kappa shape index (κ1) is 21.2. The largest absolute Gasteiger partial charge is 0.393 e. The smallest absolute Gasteiger partial charge is 0.147 e. The Morgan fingerprint density at radius 3 is 2.57 bits per heavy atom. The van der Waals surface area contributed by atoms with Crippen molar-refractivity contribution in [1.82, 2.24) is 0 Å². The lowest BCUT2D eigenvalue weighted by Crippen LogP contribution is -2.69. The van der Waals surface area contributed by atoms with Gasteiger partial charge in [-0.1, -0.05) is 60.0 Å². The van der Waals surface area contributed by atoms with Gasteiger partial charge in [0.15, 0.2) is 0 Å². The minimum Gasteiger partial charge on any atom is -0.393 e. The average Bonchev–Trinajstić information content (AvgIpc) is 3.05. The van der Waals surface area contributed by atoms with Crippen molar-refractivity contribution >= 4 is 0 Å². The normalized spacial score (nSPS) is 50.1. The van der Waals surface area contributed by atoms with Gasteiger partial charge in [-0.3, -0.25) is 0 Å². The maximum absolute atomic E-state index is 10.4. The second kappa shape index (κ2) is 6.93. The van der Waals surface area contributed by atoms with Crippen LogP contribution in [0.15, 0.2) is 23.8 Å². The average molecular weight is 415 g/mol. The Bertz CT molecular complexity index is 755. The zero-order chi connectivity index (χ0) is 21.4. The second-order valence-corrected chi connectivity index (χ2v) is 12.3. The SMILES string of the molecule is CC(C)CCC[C@@H](C)C1CCC2[C@]1(C)CC=C1[C@]23C=C[C@]2(CC(O)CC[C@]12C)OO3. The Labute approximate surface area is 183 Å². The van der Waals surface area contributed by atoms with Crippen LogP contribution >= 0.6 is 0 Å². The molecule has 6 rings (SSSR count). The van der Waals surface area contributed by atoms with Crippen LogP contribution in [0.4, 0.5) is 0 Å². The molecule has 168 valence electrons. The summed E-state index contributed by atoms with van der Waals surface area (Å²) < 4.78 is 0. The van der Waals surface area contributed by atoms with Gasteiger partial charge in [-0.15, -0.1) is 0 Å². The van der Waals surface area contributed by atoms with E-state index in [4.69, 9.17) is 9.78 Å². The molecule has 3 nitrogen and oxygen atoms in total. The number of hydrogen-bond acceptors (Lipinski definition) is 3. The number of fused-ring (bicyclic) bond motifs is 2. The third kappa shape index (κ3) is 2.67. The molecular weight excluding hydrogens is 372 g/mol. The van der Waals surface area contributed by atoms with Crippen LogP contribution in [0.1, 0.15) is 92.4 Å². The Balaban J connectivity index is 1.45. The molecule has 3 heteroatoms. The molecule has 2 spiro atoms. The zero-order valence-electron chi connectivity index (χ0n) is 19.7. The Kier molecular flexibility index (Phi) is 4.90. The Morgan fingerprint density at radius 2 is 1.87 bits per heavy atom. The molecule has 8 atom stereocenters. The predicted octanol–water partition coefficient (Wildman–Crippen LogP) is 6.37. The third-order valence-corrected chi connectivity index (χ3v) is 10.2. The summed E-state index contributed by atoms with van der Waals surface area (Å²) in [6.45, 7) is 12.1. The zero-order valence-corrected chi connectivity index (χ0v) is 19.7. The molecule has 0 aromatic rings. The van der Waals surface area contributed by atoms with Crippen molar-refractivity contribution in [2.45, 2.75) is 110 Å². The van der Waals surface area contributed by atoms with E-state index in [1.165, 1.54) is 44.1 Å². The van der Waals surface area contributed by atoms with Crippen molar-refractivity contribution in [3.63, 3.8) is 0 Å². The van der Waals surface area contributed by atoms with Crippen LogP contribution in [0, 0.1) is 34.5 Å².